The van der Waals surface area contributed by atoms with Gasteiger partial charge in [0.2, 0.25) is 11.8 Å². The number of carbonyl (C=O) groups excluding carboxylic acids is 2. The molecule has 0 unspecified atom stereocenters. The Hall–Kier alpha value is -1.75. The van der Waals surface area contributed by atoms with Gasteiger partial charge in [-0.15, -0.1) is 0 Å². The van der Waals surface area contributed by atoms with E-state index < -0.39 is 0 Å². The van der Waals surface area contributed by atoms with Gasteiger partial charge < -0.3 is 14.7 Å². The highest BCUT2D eigenvalue weighted by Crippen LogP contribution is 2.22. The quantitative estimate of drug-likeness (QED) is 0.830. The van der Waals surface area contributed by atoms with Crippen molar-refractivity contribution in [1.29, 1.82) is 0 Å². The van der Waals surface area contributed by atoms with Crippen LogP contribution < -0.4 is 4.90 Å². The van der Waals surface area contributed by atoms with Crippen molar-refractivity contribution in [3.63, 3.8) is 0 Å². The average molecular weight is 336 g/mol. The fraction of sp³-hybridized carbons (Fsp3) is 0.529. The van der Waals surface area contributed by atoms with Gasteiger partial charge in [-0.05, 0) is 37.1 Å². The summed E-state index contributed by atoms with van der Waals surface area (Å²) in [5, 5.41) is 0.730. The Morgan fingerprint density at radius 3 is 2.30 bits per heavy atom. The number of likely N-dealkylation sites (tertiary alicyclic amines) is 1. The van der Waals surface area contributed by atoms with Crippen LogP contribution in [0, 0.1) is 0 Å². The van der Waals surface area contributed by atoms with Crippen molar-refractivity contribution in [3.05, 3.63) is 29.3 Å². The molecule has 2 aliphatic rings. The first-order valence-electron chi connectivity index (χ1n) is 8.13. The molecule has 5 nitrogen and oxygen atoms in total. The predicted octanol–water partition coefficient (Wildman–Crippen LogP) is 2.00. The van der Waals surface area contributed by atoms with Gasteiger partial charge in [0.15, 0.2) is 0 Å². The van der Waals surface area contributed by atoms with Crippen molar-refractivity contribution in [1.82, 2.24) is 9.80 Å². The van der Waals surface area contributed by atoms with Crippen LogP contribution in [0.25, 0.3) is 0 Å². The minimum absolute atomic E-state index is 0.000602. The second-order valence-electron chi connectivity index (χ2n) is 6.16. The number of halogens is 1. The maximum atomic E-state index is 12.7. The van der Waals surface area contributed by atoms with E-state index in [0.717, 1.165) is 36.6 Å². The summed E-state index contributed by atoms with van der Waals surface area (Å²) in [6, 6.07) is 7.53. The van der Waals surface area contributed by atoms with E-state index >= 15 is 0 Å². The summed E-state index contributed by atoms with van der Waals surface area (Å²) in [5.41, 5.74) is 1.13. The van der Waals surface area contributed by atoms with Crippen molar-refractivity contribution in [2.75, 3.05) is 37.6 Å². The molecule has 2 fully saturated rings. The van der Waals surface area contributed by atoms with E-state index in [1.807, 2.05) is 29.2 Å². The number of hydrogen-bond donors (Lipinski definition) is 0. The van der Waals surface area contributed by atoms with Crippen molar-refractivity contribution in [2.45, 2.75) is 25.8 Å². The van der Waals surface area contributed by atoms with Crippen molar-refractivity contribution in [2.24, 2.45) is 0 Å². The maximum absolute atomic E-state index is 12.7. The third-order valence-corrected chi connectivity index (χ3v) is 4.98. The van der Waals surface area contributed by atoms with Gasteiger partial charge in [-0.3, -0.25) is 9.59 Å². The SMILES string of the molecule is CC(=O)N1CCC[C@H]1C(=O)N1CCN(c2ccc(Cl)cc2)CC1. The Morgan fingerprint density at radius 1 is 1.04 bits per heavy atom. The molecule has 1 aromatic carbocycles. The molecule has 0 aliphatic carbocycles. The Morgan fingerprint density at radius 2 is 1.70 bits per heavy atom. The Kier molecular flexibility index (Phi) is 4.76. The van der Waals surface area contributed by atoms with Gasteiger partial charge in [0, 0.05) is 50.4 Å². The summed E-state index contributed by atoms with van der Waals surface area (Å²) in [5.74, 6) is 0.106. The van der Waals surface area contributed by atoms with Crippen LogP contribution in [-0.4, -0.2) is 60.4 Å². The second kappa shape index (κ2) is 6.79. The van der Waals surface area contributed by atoms with Gasteiger partial charge in [-0.25, -0.2) is 0 Å². The molecule has 0 N–H and O–H groups in total. The second-order valence-corrected chi connectivity index (χ2v) is 6.60. The lowest BCUT2D eigenvalue weighted by Crippen LogP contribution is -2.54. The minimum atomic E-state index is -0.255. The fourth-order valence-electron chi connectivity index (χ4n) is 3.45. The summed E-state index contributed by atoms with van der Waals surface area (Å²) < 4.78 is 0. The molecule has 0 bridgehead atoms. The number of nitrogens with zero attached hydrogens (tertiary/aromatic N) is 3. The molecule has 2 saturated heterocycles. The molecule has 2 aliphatic heterocycles. The predicted molar refractivity (Wildman–Crippen MR) is 90.7 cm³/mol. The molecule has 2 amide bonds. The van der Waals surface area contributed by atoms with Crippen LogP contribution in [0.4, 0.5) is 5.69 Å². The van der Waals surface area contributed by atoms with E-state index in [-0.39, 0.29) is 17.9 Å². The zero-order valence-corrected chi connectivity index (χ0v) is 14.1. The highest BCUT2D eigenvalue weighted by Gasteiger charge is 2.36. The fourth-order valence-corrected chi connectivity index (χ4v) is 3.57. The molecule has 0 radical (unpaired) electrons. The molecule has 0 saturated carbocycles. The van der Waals surface area contributed by atoms with Gasteiger partial charge in [0.1, 0.15) is 6.04 Å². The smallest absolute Gasteiger partial charge is 0.245 e. The summed E-state index contributed by atoms with van der Waals surface area (Å²) in [4.78, 5) is 30.2. The number of hydrogen-bond acceptors (Lipinski definition) is 3. The highest BCUT2D eigenvalue weighted by atomic mass is 35.5. The Balaban J connectivity index is 1.59. The lowest BCUT2D eigenvalue weighted by Gasteiger charge is -2.38. The largest absolute Gasteiger partial charge is 0.368 e. The first-order chi connectivity index (χ1) is 11.1. The molecule has 0 spiro atoms. The van der Waals surface area contributed by atoms with Crippen LogP contribution >= 0.6 is 11.6 Å². The Labute approximate surface area is 141 Å². The topological polar surface area (TPSA) is 43.9 Å². The molecule has 0 aromatic heterocycles. The third-order valence-electron chi connectivity index (χ3n) is 4.73. The Bertz CT molecular complexity index is 582. The zero-order chi connectivity index (χ0) is 16.4. The van der Waals surface area contributed by atoms with Gasteiger partial charge in [0.05, 0.1) is 0 Å². The van der Waals surface area contributed by atoms with Crippen LogP contribution in [0.15, 0.2) is 24.3 Å². The van der Waals surface area contributed by atoms with E-state index in [0.29, 0.717) is 19.6 Å². The number of rotatable bonds is 2. The molecular formula is C17H22ClN3O2. The monoisotopic (exact) mass is 335 g/mol. The third kappa shape index (κ3) is 3.44. The molecule has 1 aromatic rings. The first-order valence-corrected chi connectivity index (χ1v) is 8.50. The molecule has 6 heteroatoms. The maximum Gasteiger partial charge on any atom is 0.245 e. The number of piperazine rings is 1. The van der Waals surface area contributed by atoms with Crippen LogP contribution in [-0.2, 0) is 9.59 Å². The first kappa shape index (κ1) is 16.1. The normalized spacial score (nSPS) is 21.7. The number of carbonyl (C=O) groups is 2. The number of amides is 2. The van der Waals surface area contributed by atoms with Crippen LogP contribution in [0.3, 0.4) is 0 Å². The summed E-state index contributed by atoms with van der Waals surface area (Å²) in [7, 11) is 0. The lowest BCUT2D eigenvalue weighted by atomic mass is 10.1. The van der Waals surface area contributed by atoms with Crippen molar-refractivity contribution >= 4 is 29.1 Å². The standard InChI is InChI=1S/C17H22ClN3O2/c1-13(22)21-8-2-3-16(21)17(23)20-11-9-19(10-12-20)15-6-4-14(18)5-7-15/h4-7,16H,2-3,8-12H2,1H3/t16-/m0/s1. The van der Waals surface area contributed by atoms with Crippen LogP contribution in [0.2, 0.25) is 5.02 Å². The summed E-state index contributed by atoms with van der Waals surface area (Å²) in [6.07, 6.45) is 1.70. The van der Waals surface area contributed by atoms with Crippen LogP contribution in [0.5, 0.6) is 0 Å². The lowest BCUT2D eigenvalue weighted by molar-refractivity contribution is -0.143. The van der Waals surface area contributed by atoms with Gasteiger partial charge in [-0.1, -0.05) is 11.6 Å². The molecule has 3 rings (SSSR count). The summed E-state index contributed by atoms with van der Waals surface area (Å²) in [6.45, 7) is 5.26. The summed E-state index contributed by atoms with van der Waals surface area (Å²) >= 11 is 5.92. The van der Waals surface area contributed by atoms with Crippen molar-refractivity contribution in [3.8, 4) is 0 Å². The van der Waals surface area contributed by atoms with E-state index in [4.69, 9.17) is 11.6 Å². The molecule has 124 valence electrons. The minimum Gasteiger partial charge on any atom is -0.368 e. The molecule has 1 atom stereocenters. The average Bonchev–Trinajstić information content (AvgIpc) is 3.05. The number of anilines is 1. The molecular weight excluding hydrogens is 314 g/mol. The van der Waals surface area contributed by atoms with E-state index in [1.54, 1.807) is 11.8 Å². The van der Waals surface area contributed by atoms with Crippen LogP contribution in [0.1, 0.15) is 19.8 Å². The number of benzene rings is 1. The van der Waals surface area contributed by atoms with Gasteiger partial charge >= 0.3 is 0 Å². The molecule has 23 heavy (non-hydrogen) atoms. The van der Waals surface area contributed by atoms with Gasteiger partial charge in [-0.2, -0.15) is 0 Å². The van der Waals surface area contributed by atoms with E-state index in [1.165, 1.54) is 0 Å². The van der Waals surface area contributed by atoms with Crippen molar-refractivity contribution < 1.29 is 9.59 Å². The zero-order valence-electron chi connectivity index (χ0n) is 13.4. The molecule has 2 heterocycles. The van der Waals surface area contributed by atoms with Gasteiger partial charge in [0.25, 0.3) is 0 Å². The van der Waals surface area contributed by atoms with E-state index in [2.05, 4.69) is 4.90 Å². The van der Waals surface area contributed by atoms with E-state index in [9.17, 15) is 9.59 Å². The highest BCUT2D eigenvalue weighted by molar-refractivity contribution is 6.30.